The van der Waals surface area contributed by atoms with Gasteiger partial charge in [-0.1, -0.05) is 36.4 Å². The maximum Gasteiger partial charge on any atom is 0.327 e. The molecule has 2 heterocycles. The molecule has 2 fully saturated rings. The first-order valence-electron chi connectivity index (χ1n) is 11.2. The molecule has 162 valence electrons. The van der Waals surface area contributed by atoms with Gasteiger partial charge < -0.3 is 10.0 Å². The molecule has 0 aromatic heterocycles. The normalized spacial score (nSPS) is 21.3. The molecule has 0 unspecified atom stereocenters. The van der Waals surface area contributed by atoms with Gasteiger partial charge in [0, 0.05) is 32.2 Å². The SMILES string of the molecule is CCN1C(=O)N(C2Cc3ccccc3C2)C(=O)C12CCN(Cc1cccc(O)c1)CC2. The lowest BCUT2D eigenvalue weighted by molar-refractivity contribution is -0.137. The number of urea groups is 1. The van der Waals surface area contributed by atoms with Crippen LogP contribution >= 0.6 is 0 Å². The van der Waals surface area contributed by atoms with Crippen molar-refractivity contribution in [2.45, 2.75) is 50.7 Å². The highest BCUT2D eigenvalue weighted by Crippen LogP contribution is 2.40. The summed E-state index contributed by atoms with van der Waals surface area (Å²) in [6, 6.07) is 15.4. The molecule has 0 atom stereocenters. The smallest absolute Gasteiger partial charge is 0.327 e. The number of rotatable bonds is 4. The fourth-order valence-corrected chi connectivity index (χ4v) is 5.70. The van der Waals surface area contributed by atoms with E-state index < -0.39 is 5.54 Å². The Morgan fingerprint density at radius 3 is 2.29 bits per heavy atom. The fourth-order valence-electron chi connectivity index (χ4n) is 5.70. The van der Waals surface area contributed by atoms with Gasteiger partial charge in [-0.15, -0.1) is 0 Å². The summed E-state index contributed by atoms with van der Waals surface area (Å²) in [4.78, 5) is 32.8. The number of hydrogen-bond donors (Lipinski definition) is 1. The summed E-state index contributed by atoms with van der Waals surface area (Å²) in [5.41, 5.74) is 2.84. The molecule has 2 aromatic carbocycles. The van der Waals surface area contributed by atoms with Gasteiger partial charge in [-0.25, -0.2) is 4.79 Å². The molecular weight excluding hydrogens is 390 g/mol. The Kier molecular flexibility index (Phi) is 4.97. The molecule has 1 aliphatic carbocycles. The Labute approximate surface area is 183 Å². The summed E-state index contributed by atoms with van der Waals surface area (Å²) >= 11 is 0. The fraction of sp³-hybridized carbons (Fsp3) is 0.440. The van der Waals surface area contributed by atoms with E-state index in [9.17, 15) is 14.7 Å². The predicted octanol–water partition coefficient (Wildman–Crippen LogP) is 3.18. The standard InChI is InChI=1S/C25H29N3O3/c1-2-27-24(31)28(21-15-19-7-3-4-8-20(19)16-21)23(30)25(27)10-12-26(13-11-25)17-18-6-5-9-22(29)14-18/h3-9,14,21,29H,2,10-13,15-17H2,1H3. The highest BCUT2D eigenvalue weighted by molar-refractivity contribution is 6.07. The van der Waals surface area contributed by atoms with E-state index in [-0.39, 0.29) is 23.7 Å². The number of amides is 3. The number of carbonyl (C=O) groups excluding carboxylic acids is 2. The van der Waals surface area contributed by atoms with Crippen LogP contribution < -0.4 is 0 Å². The van der Waals surface area contributed by atoms with E-state index in [0.717, 1.165) is 38.0 Å². The largest absolute Gasteiger partial charge is 0.508 e. The summed E-state index contributed by atoms with van der Waals surface area (Å²) in [7, 11) is 0. The number of likely N-dealkylation sites (tertiary alicyclic amines) is 1. The zero-order valence-electron chi connectivity index (χ0n) is 18.0. The number of carbonyl (C=O) groups is 2. The second-order valence-corrected chi connectivity index (χ2v) is 9.01. The predicted molar refractivity (Wildman–Crippen MR) is 118 cm³/mol. The quantitative estimate of drug-likeness (QED) is 0.773. The van der Waals surface area contributed by atoms with E-state index >= 15 is 0 Å². The molecule has 6 nitrogen and oxygen atoms in total. The van der Waals surface area contributed by atoms with Crippen LogP contribution in [0.2, 0.25) is 0 Å². The number of likely N-dealkylation sites (N-methyl/N-ethyl adjacent to an activating group) is 1. The molecule has 0 bridgehead atoms. The van der Waals surface area contributed by atoms with Crippen LogP contribution in [-0.4, -0.2) is 63.0 Å². The summed E-state index contributed by atoms with van der Waals surface area (Å²) in [5.74, 6) is 0.266. The Hall–Kier alpha value is -2.86. The Morgan fingerprint density at radius 2 is 1.68 bits per heavy atom. The van der Waals surface area contributed by atoms with Crippen molar-refractivity contribution in [2.75, 3.05) is 19.6 Å². The van der Waals surface area contributed by atoms with Crippen molar-refractivity contribution in [1.82, 2.24) is 14.7 Å². The van der Waals surface area contributed by atoms with Gasteiger partial charge in [0.1, 0.15) is 11.3 Å². The second-order valence-electron chi connectivity index (χ2n) is 9.01. The third kappa shape index (κ3) is 3.30. The maximum absolute atomic E-state index is 13.7. The molecule has 5 rings (SSSR count). The molecule has 1 N–H and O–H groups in total. The van der Waals surface area contributed by atoms with Crippen molar-refractivity contribution >= 4 is 11.9 Å². The third-order valence-corrected chi connectivity index (χ3v) is 7.28. The lowest BCUT2D eigenvalue weighted by Gasteiger charge is -2.42. The molecule has 0 radical (unpaired) electrons. The summed E-state index contributed by atoms with van der Waals surface area (Å²) in [6.07, 6.45) is 2.82. The first-order chi connectivity index (χ1) is 15.0. The zero-order valence-corrected chi connectivity index (χ0v) is 18.0. The minimum atomic E-state index is -0.712. The number of aromatic hydroxyl groups is 1. The highest BCUT2D eigenvalue weighted by atomic mass is 16.3. The maximum atomic E-state index is 13.7. The van der Waals surface area contributed by atoms with Gasteiger partial charge in [-0.2, -0.15) is 0 Å². The van der Waals surface area contributed by atoms with E-state index in [4.69, 9.17) is 0 Å². The number of imide groups is 1. The minimum absolute atomic E-state index is 0.00541. The Morgan fingerprint density at radius 1 is 1.00 bits per heavy atom. The lowest BCUT2D eigenvalue weighted by Crippen LogP contribution is -2.56. The van der Waals surface area contributed by atoms with Crippen molar-refractivity contribution < 1.29 is 14.7 Å². The van der Waals surface area contributed by atoms with Crippen molar-refractivity contribution in [2.24, 2.45) is 0 Å². The molecule has 3 aliphatic rings. The Balaban J connectivity index is 1.32. The molecule has 1 spiro atoms. The molecule has 2 aromatic rings. The van der Waals surface area contributed by atoms with Gasteiger partial charge in [0.2, 0.25) is 0 Å². The van der Waals surface area contributed by atoms with E-state index in [1.165, 1.54) is 11.1 Å². The molecule has 3 amide bonds. The molecule has 31 heavy (non-hydrogen) atoms. The van der Waals surface area contributed by atoms with Crippen LogP contribution in [0.4, 0.5) is 4.79 Å². The van der Waals surface area contributed by atoms with Gasteiger partial charge in [0.25, 0.3) is 5.91 Å². The van der Waals surface area contributed by atoms with Gasteiger partial charge in [0.15, 0.2) is 0 Å². The number of phenols is 1. The van der Waals surface area contributed by atoms with Gasteiger partial charge >= 0.3 is 6.03 Å². The molecule has 6 heteroatoms. The van der Waals surface area contributed by atoms with Crippen molar-refractivity contribution in [1.29, 1.82) is 0 Å². The average Bonchev–Trinajstić information content (AvgIpc) is 3.26. The van der Waals surface area contributed by atoms with Gasteiger partial charge in [-0.3, -0.25) is 14.6 Å². The van der Waals surface area contributed by atoms with Crippen LogP contribution in [0, 0.1) is 0 Å². The Bertz CT molecular complexity index is 988. The summed E-state index contributed by atoms with van der Waals surface area (Å²) in [6.45, 7) is 4.76. The highest BCUT2D eigenvalue weighted by Gasteiger charge is 2.59. The average molecular weight is 420 g/mol. The van der Waals surface area contributed by atoms with E-state index in [1.807, 2.05) is 36.1 Å². The number of nitrogens with zero attached hydrogens (tertiary/aromatic N) is 3. The monoisotopic (exact) mass is 419 g/mol. The van der Waals surface area contributed by atoms with Crippen molar-refractivity contribution in [3.8, 4) is 5.75 Å². The van der Waals surface area contributed by atoms with Crippen LogP contribution in [-0.2, 0) is 24.2 Å². The first kappa shape index (κ1) is 20.1. The topological polar surface area (TPSA) is 64.1 Å². The van der Waals surface area contributed by atoms with E-state index in [0.29, 0.717) is 19.4 Å². The zero-order chi connectivity index (χ0) is 21.6. The first-order valence-corrected chi connectivity index (χ1v) is 11.2. The molecule has 0 saturated carbocycles. The van der Waals surface area contributed by atoms with Crippen LogP contribution in [0.25, 0.3) is 0 Å². The number of phenolic OH excluding ortho intramolecular Hbond substituents is 1. The van der Waals surface area contributed by atoms with Crippen LogP contribution in [0.5, 0.6) is 5.75 Å². The molecular formula is C25H29N3O3. The van der Waals surface area contributed by atoms with E-state index in [2.05, 4.69) is 17.0 Å². The second kappa shape index (κ2) is 7.68. The van der Waals surface area contributed by atoms with Gasteiger partial charge in [-0.05, 0) is 61.4 Å². The van der Waals surface area contributed by atoms with Crippen molar-refractivity contribution in [3.05, 3.63) is 65.2 Å². The van der Waals surface area contributed by atoms with Crippen LogP contribution in [0.15, 0.2) is 48.5 Å². The number of fused-ring (bicyclic) bond motifs is 1. The molecule has 2 aliphatic heterocycles. The minimum Gasteiger partial charge on any atom is -0.508 e. The van der Waals surface area contributed by atoms with Crippen LogP contribution in [0.1, 0.15) is 36.5 Å². The third-order valence-electron chi connectivity index (χ3n) is 7.28. The van der Waals surface area contributed by atoms with Crippen molar-refractivity contribution in [3.63, 3.8) is 0 Å². The number of hydrogen-bond acceptors (Lipinski definition) is 4. The lowest BCUT2D eigenvalue weighted by atomic mass is 9.85. The molecule has 2 saturated heterocycles. The number of benzene rings is 2. The summed E-state index contributed by atoms with van der Waals surface area (Å²) in [5, 5.41) is 9.73. The van der Waals surface area contributed by atoms with Gasteiger partial charge in [0.05, 0.1) is 0 Å². The number of piperidine rings is 1. The van der Waals surface area contributed by atoms with E-state index in [1.54, 1.807) is 17.0 Å². The summed E-state index contributed by atoms with van der Waals surface area (Å²) < 4.78 is 0. The van der Waals surface area contributed by atoms with Crippen LogP contribution in [0.3, 0.4) is 0 Å².